The van der Waals surface area contributed by atoms with Gasteiger partial charge in [0.15, 0.2) is 0 Å². The standard InChI is InChI=1S/C8H14O2S/c1-3-11-7(2)4-9-5-8-6-10-8/h3,7-8H,1,4-6H2,2H3. The molecule has 0 bridgehead atoms. The summed E-state index contributed by atoms with van der Waals surface area (Å²) in [5.41, 5.74) is 0. The first kappa shape index (κ1) is 9.10. The normalized spacial score (nSPS) is 24.6. The third-order valence-electron chi connectivity index (χ3n) is 1.39. The molecule has 0 aromatic rings. The van der Waals surface area contributed by atoms with Gasteiger partial charge in [0, 0.05) is 5.25 Å². The van der Waals surface area contributed by atoms with Crippen molar-refractivity contribution in [3.63, 3.8) is 0 Å². The van der Waals surface area contributed by atoms with Gasteiger partial charge < -0.3 is 9.47 Å². The summed E-state index contributed by atoms with van der Waals surface area (Å²) in [5, 5.41) is 2.35. The molecule has 0 aliphatic carbocycles. The molecule has 0 spiro atoms. The fourth-order valence-corrected chi connectivity index (χ4v) is 1.24. The average Bonchev–Trinajstić information content (AvgIpc) is 2.72. The van der Waals surface area contributed by atoms with Crippen LogP contribution in [0.2, 0.25) is 0 Å². The van der Waals surface area contributed by atoms with Crippen LogP contribution in [0.15, 0.2) is 12.0 Å². The SMILES string of the molecule is C=CSC(C)COCC1CO1. The Morgan fingerprint density at radius 1 is 1.91 bits per heavy atom. The number of ether oxygens (including phenoxy) is 2. The van der Waals surface area contributed by atoms with Crippen LogP contribution in [0.5, 0.6) is 0 Å². The Bertz CT molecular complexity index is 123. The number of hydrogen-bond acceptors (Lipinski definition) is 3. The van der Waals surface area contributed by atoms with Crippen LogP contribution in [-0.4, -0.2) is 31.2 Å². The Hall–Kier alpha value is 0.01000. The van der Waals surface area contributed by atoms with Crippen LogP contribution < -0.4 is 0 Å². The molecule has 1 saturated heterocycles. The van der Waals surface area contributed by atoms with Crippen LogP contribution in [0.3, 0.4) is 0 Å². The summed E-state index contributed by atoms with van der Waals surface area (Å²) in [6.07, 6.45) is 0.385. The number of hydrogen-bond donors (Lipinski definition) is 0. The van der Waals surface area contributed by atoms with Crippen molar-refractivity contribution in [3.05, 3.63) is 12.0 Å². The van der Waals surface area contributed by atoms with E-state index in [1.807, 2.05) is 5.41 Å². The molecule has 0 aromatic heterocycles. The minimum absolute atomic E-state index is 0.385. The first-order valence-corrected chi connectivity index (χ1v) is 4.73. The van der Waals surface area contributed by atoms with Crippen molar-refractivity contribution in [2.75, 3.05) is 19.8 Å². The van der Waals surface area contributed by atoms with E-state index in [0.717, 1.165) is 19.8 Å². The highest BCUT2D eigenvalue weighted by Gasteiger charge is 2.22. The van der Waals surface area contributed by atoms with E-state index in [-0.39, 0.29) is 0 Å². The highest BCUT2D eigenvalue weighted by atomic mass is 32.2. The third-order valence-corrected chi connectivity index (χ3v) is 2.18. The molecule has 3 heteroatoms. The molecule has 0 aromatic carbocycles. The van der Waals surface area contributed by atoms with Gasteiger partial charge in [-0.25, -0.2) is 0 Å². The van der Waals surface area contributed by atoms with E-state index >= 15 is 0 Å². The summed E-state index contributed by atoms with van der Waals surface area (Å²) in [4.78, 5) is 0. The fraction of sp³-hybridized carbons (Fsp3) is 0.750. The van der Waals surface area contributed by atoms with E-state index in [9.17, 15) is 0 Å². The smallest absolute Gasteiger partial charge is 0.104 e. The summed E-state index contributed by atoms with van der Waals surface area (Å²) in [6.45, 7) is 8.18. The number of thioether (sulfide) groups is 1. The molecule has 0 saturated carbocycles. The maximum absolute atomic E-state index is 5.38. The highest BCUT2D eigenvalue weighted by molar-refractivity contribution is 8.02. The molecular weight excluding hydrogens is 160 g/mol. The quantitative estimate of drug-likeness (QED) is 0.572. The lowest BCUT2D eigenvalue weighted by Gasteiger charge is -2.07. The van der Waals surface area contributed by atoms with E-state index in [0.29, 0.717) is 11.4 Å². The molecule has 1 aliphatic rings. The Morgan fingerprint density at radius 2 is 2.64 bits per heavy atom. The predicted molar refractivity (Wildman–Crippen MR) is 47.8 cm³/mol. The molecule has 1 rings (SSSR count). The van der Waals surface area contributed by atoms with Crippen LogP contribution in [0.4, 0.5) is 0 Å². The summed E-state index contributed by atoms with van der Waals surface area (Å²) in [6, 6.07) is 0. The van der Waals surface area contributed by atoms with Gasteiger partial charge in [-0.05, 0) is 5.41 Å². The molecule has 1 heterocycles. The minimum Gasteiger partial charge on any atom is -0.378 e. The summed E-state index contributed by atoms with van der Waals surface area (Å²) in [7, 11) is 0. The zero-order valence-corrected chi connectivity index (χ0v) is 7.60. The van der Waals surface area contributed by atoms with Crippen molar-refractivity contribution in [3.8, 4) is 0 Å². The fourth-order valence-electron chi connectivity index (χ4n) is 0.733. The second kappa shape index (κ2) is 4.80. The molecule has 0 radical (unpaired) electrons. The monoisotopic (exact) mass is 174 g/mol. The molecule has 0 N–H and O–H groups in total. The summed E-state index contributed by atoms with van der Waals surface area (Å²) in [5.74, 6) is 0. The van der Waals surface area contributed by atoms with E-state index in [1.54, 1.807) is 11.8 Å². The molecule has 1 aliphatic heterocycles. The van der Waals surface area contributed by atoms with Crippen molar-refractivity contribution < 1.29 is 9.47 Å². The predicted octanol–water partition coefficient (Wildman–Crippen LogP) is 1.67. The Labute approximate surface area is 71.9 Å². The van der Waals surface area contributed by atoms with Gasteiger partial charge in [0.05, 0.1) is 19.8 Å². The Balaban J connectivity index is 1.87. The molecule has 2 atom stereocenters. The van der Waals surface area contributed by atoms with Crippen LogP contribution in [0, 0.1) is 0 Å². The lowest BCUT2D eigenvalue weighted by atomic mass is 10.5. The average molecular weight is 174 g/mol. The van der Waals surface area contributed by atoms with Crippen molar-refractivity contribution in [2.24, 2.45) is 0 Å². The summed E-state index contributed by atoms with van der Waals surface area (Å²) < 4.78 is 10.4. The van der Waals surface area contributed by atoms with Crippen LogP contribution in [0.1, 0.15) is 6.92 Å². The summed E-state index contributed by atoms with van der Waals surface area (Å²) >= 11 is 1.70. The second-order valence-electron chi connectivity index (χ2n) is 2.61. The van der Waals surface area contributed by atoms with Crippen molar-refractivity contribution >= 4 is 11.8 Å². The molecular formula is C8H14O2S. The lowest BCUT2D eigenvalue weighted by Crippen LogP contribution is -2.10. The van der Waals surface area contributed by atoms with E-state index in [1.165, 1.54) is 0 Å². The first-order valence-electron chi connectivity index (χ1n) is 3.78. The zero-order chi connectivity index (χ0) is 8.10. The maximum Gasteiger partial charge on any atom is 0.104 e. The topological polar surface area (TPSA) is 21.8 Å². The van der Waals surface area contributed by atoms with Crippen LogP contribution in [-0.2, 0) is 9.47 Å². The number of epoxide rings is 1. The molecule has 11 heavy (non-hydrogen) atoms. The largest absolute Gasteiger partial charge is 0.378 e. The van der Waals surface area contributed by atoms with E-state index in [4.69, 9.17) is 9.47 Å². The second-order valence-corrected chi connectivity index (χ2v) is 4.02. The first-order chi connectivity index (χ1) is 5.33. The van der Waals surface area contributed by atoms with Crippen molar-refractivity contribution in [1.29, 1.82) is 0 Å². The molecule has 2 unspecified atom stereocenters. The van der Waals surface area contributed by atoms with Gasteiger partial charge in [0.25, 0.3) is 0 Å². The Kier molecular flexibility index (Phi) is 3.97. The lowest BCUT2D eigenvalue weighted by molar-refractivity contribution is 0.120. The van der Waals surface area contributed by atoms with Gasteiger partial charge >= 0.3 is 0 Å². The van der Waals surface area contributed by atoms with E-state index < -0.39 is 0 Å². The van der Waals surface area contributed by atoms with Gasteiger partial charge in [0.1, 0.15) is 6.10 Å². The highest BCUT2D eigenvalue weighted by Crippen LogP contribution is 2.13. The molecule has 1 fully saturated rings. The van der Waals surface area contributed by atoms with Gasteiger partial charge in [-0.2, -0.15) is 0 Å². The third kappa shape index (κ3) is 4.45. The molecule has 2 nitrogen and oxygen atoms in total. The van der Waals surface area contributed by atoms with Gasteiger partial charge in [0.2, 0.25) is 0 Å². The zero-order valence-electron chi connectivity index (χ0n) is 6.79. The van der Waals surface area contributed by atoms with Crippen molar-refractivity contribution in [2.45, 2.75) is 18.3 Å². The van der Waals surface area contributed by atoms with Gasteiger partial charge in [-0.1, -0.05) is 13.5 Å². The van der Waals surface area contributed by atoms with E-state index in [2.05, 4.69) is 13.5 Å². The van der Waals surface area contributed by atoms with Gasteiger partial charge in [-0.3, -0.25) is 0 Å². The molecule has 0 amide bonds. The van der Waals surface area contributed by atoms with Crippen molar-refractivity contribution in [1.82, 2.24) is 0 Å². The minimum atomic E-state index is 0.385. The molecule has 64 valence electrons. The Morgan fingerprint density at radius 3 is 3.18 bits per heavy atom. The van der Waals surface area contributed by atoms with Crippen LogP contribution >= 0.6 is 11.8 Å². The van der Waals surface area contributed by atoms with Gasteiger partial charge in [-0.15, -0.1) is 11.8 Å². The maximum atomic E-state index is 5.38. The van der Waals surface area contributed by atoms with Crippen LogP contribution in [0.25, 0.3) is 0 Å². The number of rotatable bonds is 6.